The molecule has 1 aliphatic heterocycles. The van der Waals surface area contributed by atoms with Crippen LogP contribution in [0.3, 0.4) is 0 Å². The van der Waals surface area contributed by atoms with Crippen molar-refractivity contribution in [1.29, 1.82) is 5.26 Å². The summed E-state index contributed by atoms with van der Waals surface area (Å²) in [6, 6.07) is 11.4. The molecule has 0 unspecified atom stereocenters. The van der Waals surface area contributed by atoms with Crippen molar-refractivity contribution in [3.8, 4) is 6.07 Å². The van der Waals surface area contributed by atoms with Crippen molar-refractivity contribution in [1.82, 2.24) is 0 Å². The smallest absolute Gasteiger partial charge is 0.247 e. The van der Waals surface area contributed by atoms with E-state index in [2.05, 4.69) is 6.07 Å². The van der Waals surface area contributed by atoms with E-state index in [9.17, 15) is 4.79 Å². The Balaban J connectivity index is 2.22. The number of hydrogen-bond donors (Lipinski definition) is 1. The molecule has 0 aliphatic carbocycles. The number of anilines is 1. The van der Waals surface area contributed by atoms with Gasteiger partial charge in [0.05, 0.1) is 12.5 Å². The summed E-state index contributed by atoms with van der Waals surface area (Å²) in [6.45, 7) is 1.37. The maximum Gasteiger partial charge on any atom is 0.247 e. The Morgan fingerprint density at radius 3 is 2.60 bits per heavy atom. The van der Waals surface area contributed by atoms with Crippen LogP contribution in [0.4, 0.5) is 5.69 Å². The van der Waals surface area contributed by atoms with Crippen molar-refractivity contribution in [3.05, 3.63) is 30.3 Å². The van der Waals surface area contributed by atoms with Crippen LogP contribution in [0.15, 0.2) is 30.3 Å². The van der Waals surface area contributed by atoms with Gasteiger partial charge in [-0.05, 0) is 25.0 Å². The van der Waals surface area contributed by atoms with Gasteiger partial charge in [-0.25, -0.2) is 0 Å². The fraction of sp³-hybridized carbons (Fsp3) is 0.467. The van der Waals surface area contributed by atoms with Crippen molar-refractivity contribution in [2.75, 3.05) is 24.7 Å². The third kappa shape index (κ3) is 3.16. The topological polar surface area (TPSA) is 79.4 Å². The lowest BCUT2D eigenvalue weighted by Crippen LogP contribution is -2.58. The van der Waals surface area contributed by atoms with Crippen LogP contribution in [0.5, 0.6) is 0 Å². The molecule has 5 nitrogen and oxygen atoms in total. The molecule has 1 aromatic carbocycles. The van der Waals surface area contributed by atoms with Gasteiger partial charge < -0.3 is 15.4 Å². The third-order valence-electron chi connectivity index (χ3n) is 3.57. The van der Waals surface area contributed by atoms with Gasteiger partial charge >= 0.3 is 0 Å². The maximum atomic E-state index is 12.8. The van der Waals surface area contributed by atoms with Gasteiger partial charge in [0, 0.05) is 25.4 Å². The Morgan fingerprint density at radius 2 is 2.00 bits per heavy atom. The van der Waals surface area contributed by atoms with Crippen LogP contribution in [-0.4, -0.2) is 31.2 Å². The molecular weight excluding hydrogens is 254 g/mol. The fourth-order valence-electron chi connectivity index (χ4n) is 2.34. The van der Waals surface area contributed by atoms with Gasteiger partial charge in [0.15, 0.2) is 0 Å². The van der Waals surface area contributed by atoms with E-state index >= 15 is 0 Å². The van der Waals surface area contributed by atoms with E-state index in [1.54, 1.807) is 4.90 Å². The second-order valence-corrected chi connectivity index (χ2v) is 4.97. The summed E-state index contributed by atoms with van der Waals surface area (Å²) >= 11 is 0. The summed E-state index contributed by atoms with van der Waals surface area (Å²) in [7, 11) is 0. The number of nitriles is 1. The molecule has 20 heavy (non-hydrogen) atoms. The molecule has 1 fully saturated rings. The molecular formula is C15H19N3O2. The van der Waals surface area contributed by atoms with Crippen LogP contribution in [0, 0.1) is 11.3 Å². The van der Waals surface area contributed by atoms with Gasteiger partial charge in [0.25, 0.3) is 0 Å². The quantitative estimate of drug-likeness (QED) is 0.900. The van der Waals surface area contributed by atoms with Crippen molar-refractivity contribution >= 4 is 11.6 Å². The van der Waals surface area contributed by atoms with E-state index < -0.39 is 5.54 Å². The van der Waals surface area contributed by atoms with Crippen molar-refractivity contribution in [2.24, 2.45) is 5.73 Å². The fourth-order valence-corrected chi connectivity index (χ4v) is 2.34. The summed E-state index contributed by atoms with van der Waals surface area (Å²) in [6.07, 6.45) is 1.32. The highest BCUT2D eigenvalue weighted by molar-refractivity contribution is 6.00. The van der Waals surface area contributed by atoms with Gasteiger partial charge in [0.2, 0.25) is 5.91 Å². The van der Waals surface area contributed by atoms with Crippen LogP contribution in [0.25, 0.3) is 0 Å². The first kappa shape index (κ1) is 14.5. The molecule has 5 heteroatoms. The average molecular weight is 273 g/mol. The number of ether oxygens (including phenoxy) is 1. The zero-order valence-corrected chi connectivity index (χ0v) is 11.4. The molecule has 0 atom stereocenters. The van der Waals surface area contributed by atoms with Gasteiger partial charge in [-0.1, -0.05) is 18.2 Å². The molecule has 106 valence electrons. The normalized spacial score (nSPS) is 17.2. The second-order valence-electron chi connectivity index (χ2n) is 4.97. The first-order valence-electron chi connectivity index (χ1n) is 6.78. The highest BCUT2D eigenvalue weighted by atomic mass is 16.5. The average Bonchev–Trinajstić information content (AvgIpc) is 2.49. The molecule has 0 bridgehead atoms. The largest absolute Gasteiger partial charge is 0.381 e. The summed E-state index contributed by atoms with van der Waals surface area (Å²) in [4.78, 5) is 14.4. The Hall–Kier alpha value is -1.90. The number of carbonyl (C=O) groups excluding carboxylic acids is 1. The third-order valence-corrected chi connectivity index (χ3v) is 3.57. The number of nitrogens with zero attached hydrogens (tertiary/aromatic N) is 2. The molecule has 1 aliphatic rings. The summed E-state index contributed by atoms with van der Waals surface area (Å²) in [5, 5.41) is 8.78. The van der Waals surface area contributed by atoms with Crippen LogP contribution < -0.4 is 10.6 Å². The highest BCUT2D eigenvalue weighted by Crippen LogP contribution is 2.24. The number of rotatable bonds is 4. The molecule has 0 spiro atoms. The molecule has 0 saturated carbocycles. The lowest BCUT2D eigenvalue weighted by atomic mass is 9.89. The van der Waals surface area contributed by atoms with Gasteiger partial charge in [-0.3, -0.25) is 4.79 Å². The minimum atomic E-state index is -0.885. The van der Waals surface area contributed by atoms with Crippen LogP contribution in [-0.2, 0) is 9.53 Å². The summed E-state index contributed by atoms with van der Waals surface area (Å²) in [5.41, 5.74) is 6.15. The molecule has 0 radical (unpaired) electrons. The van der Waals surface area contributed by atoms with Crippen molar-refractivity contribution < 1.29 is 9.53 Å². The molecule has 1 aromatic rings. The van der Waals surface area contributed by atoms with E-state index in [1.165, 1.54) is 0 Å². The van der Waals surface area contributed by atoms with Crippen molar-refractivity contribution in [3.63, 3.8) is 0 Å². The lowest BCUT2D eigenvalue weighted by molar-refractivity contribution is -0.127. The van der Waals surface area contributed by atoms with Gasteiger partial charge in [0.1, 0.15) is 5.54 Å². The Kier molecular flexibility index (Phi) is 4.72. The van der Waals surface area contributed by atoms with E-state index in [4.69, 9.17) is 15.7 Å². The van der Waals surface area contributed by atoms with Gasteiger partial charge in [-0.2, -0.15) is 5.26 Å². The molecule has 1 saturated heterocycles. The van der Waals surface area contributed by atoms with Crippen molar-refractivity contribution in [2.45, 2.75) is 24.8 Å². The lowest BCUT2D eigenvalue weighted by Gasteiger charge is -2.36. The van der Waals surface area contributed by atoms with Crippen LogP contribution in [0.2, 0.25) is 0 Å². The van der Waals surface area contributed by atoms with E-state index in [1.807, 2.05) is 30.3 Å². The number of hydrogen-bond acceptors (Lipinski definition) is 4. The van der Waals surface area contributed by atoms with Crippen LogP contribution in [0.1, 0.15) is 19.3 Å². The van der Waals surface area contributed by atoms with E-state index in [-0.39, 0.29) is 12.3 Å². The standard InChI is InChI=1S/C15H19N3O2/c16-9-4-10-18(13-5-2-1-3-6-13)14(19)15(17)7-11-20-12-8-15/h1-3,5-6H,4,7-8,10-12,17H2. The summed E-state index contributed by atoms with van der Waals surface area (Å²) in [5.74, 6) is -0.123. The molecule has 1 amide bonds. The number of para-hydroxylation sites is 1. The highest BCUT2D eigenvalue weighted by Gasteiger charge is 2.39. The van der Waals surface area contributed by atoms with Gasteiger partial charge in [-0.15, -0.1) is 0 Å². The first-order chi connectivity index (χ1) is 9.67. The zero-order chi connectivity index (χ0) is 14.4. The monoisotopic (exact) mass is 273 g/mol. The predicted molar refractivity (Wildman–Crippen MR) is 76.0 cm³/mol. The second kappa shape index (κ2) is 6.51. The Bertz CT molecular complexity index is 490. The Labute approximate surface area is 118 Å². The number of nitrogens with two attached hydrogens (primary N) is 1. The summed E-state index contributed by atoms with van der Waals surface area (Å²) < 4.78 is 5.28. The first-order valence-corrected chi connectivity index (χ1v) is 6.78. The minimum absolute atomic E-state index is 0.123. The maximum absolute atomic E-state index is 12.8. The number of carbonyl (C=O) groups is 1. The molecule has 2 rings (SSSR count). The number of amides is 1. The molecule has 2 N–H and O–H groups in total. The molecule has 0 aromatic heterocycles. The minimum Gasteiger partial charge on any atom is -0.381 e. The SMILES string of the molecule is N#CCCN(C(=O)C1(N)CCOCC1)c1ccccc1. The van der Waals surface area contributed by atoms with E-state index in [0.29, 0.717) is 32.6 Å². The van der Waals surface area contributed by atoms with E-state index in [0.717, 1.165) is 5.69 Å². The predicted octanol–water partition coefficient (Wildman–Crippen LogP) is 1.44. The molecule has 1 heterocycles. The van der Waals surface area contributed by atoms with Crippen LogP contribution >= 0.6 is 0 Å². The Morgan fingerprint density at radius 1 is 1.35 bits per heavy atom. The number of benzene rings is 1. The zero-order valence-electron chi connectivity index (χ0n) is 11.4.